The molecule has 3 rings (SSSR count). The monoisotopic (exact) mass is 299 g/mol. The van der Waals surface area contributed by atoms with Gasteiger partial charge in [0.1, 0.15) is 0 Å². The van der Waals surface area contributed by atoms with Crippen LogP contribution in [0.5, 0.6) is 0 Å². The first-order valence-corrected chi connectivity index (χ1v) is 7.57. The van der Waals surface area contributed by atoms with Gasteiger partial charge in [-0.05, 0) is 53.9 Å². The zero-order chi connectivity index (χ0) is 14.7. The van der Waals surface area contributed by atoms with Gasteiger partial charge in [0.05, 0.1) is 0 Å². The first-order valence-electron chi connectivity index (χ1n) is 7.57. The minimum absolute atomic E-state index is 0. The maximum Gasteiger partial charge on any atom is 0.303 e. The molecule has 0 radical (unpaired) electrons. The van der Waals surface area contributed by atoms with Gasteiger partial charge < -0.3 is 5.11 Å². The molecule has 0 saturated heterocycles. The Balaban J connectivity index is 0.00000132. The van der Waals surface area contributed by atoms with E-state index in [-0.39, 0.29) is 15.3 Å². The molecule has 22 heavy (non-hydrogen) atoms. The molecule has 0 spiro atoms. The van der Waals surface area contributed by atoms with E-state index in [1.54, 1.807) is 0 Å². The second kappa shape index (κ2) is 7.26. The molecule has 0 fully saturated rings. The number of aryl methyl sites for hydroxylation is 1. The standard InChI is InChI=1S/C19H20O2.CH4.H2/c20-19(21)10-9-14-5-7-15(8-6-14)11-16-12-17-3-1-2-4-18(17)13-16;;/h1-8,16H,9-13H2,(H,20,21);1H4;1H/i;;1+1. The van der Waals surface area contributed by atoms with Gasteiger partial charge in [-0.15, -0.1) is 0 Å². The van der Waals surface area contributed by atoms with Gasteiger partial charge in [-0.2, -0.15) is 0 Å². The normalized spacial score (nSPS) is 13.5. The first-order chi connectivity index (χ1) is 10.2. The van der Waals surface area contributed by atoms with Crippen LogP contribution in [-0.4, -0.2) is 11.1 Å². The van der Waals surface area contributed by atoms with Crippen molar-refractivity contribution in [2.24, 2.45) is 5.92 Å². The SMILES string of the molecule is C.O=C(O)CCc1ccc(CC2Cc3ccccc3C2)cc1.[2HH]. The van der Waals surface area contributed by atoms with Crippen molar-refractivity contribution in [3.05, 3.63) is 70.8 Å². The highest BCUT2D eigenvalue weighted by Crippen LogP contribution is 2.28. The zero-order valence-corrected chi connectivity index (χ0v) is 12.1. The summed E-state index contributed by atoms with van der Waals surface area (Å²) in [6.07, 6.45) is 4.28. The minimum Gasteiger partial charge on any atom is -0.481 e. The fourth-order valence-electron chi connectivity index (χ4n) is 3.22. The molecule has 2 nitrogen and oxygen atoms in total. The molecule has 0 saturated carbocycles. The van der Waals surface area contributed by atoms with Gasteiger partial charge in [-0.25, -0.2) is 0 Å². The largest absolute Gasteiger partial charge is 0.481 e. The number of benzene rings is 2. The summed E-state index contributed by atoms with van der Waals surface area (Å²) in [6, 6.07) is 17.2. The molecule has 1 N–H and O–H groups in total. The van der Waals surface area contributed by atoms with Crippen LogP contribution in [-0.2, 0) is 30.5 Å². The maximum absolute atomic E-state index is 10.6. The van der Waals surface area contributed by atoms with Crippen LogP contribution in [0.4, 0.5) is 0 Å². The topological polar surface area (TPSA) is 37.3 Å². The number of carboxylic acids is 1. The highest BCUT2D eigenvalue weighted by Gasteiger charge is 2.20. The van der Waals surface area contributed by atoms with Crippen molar-refractivity contribution in [2.45, 2.75) is 39.5 Å². The highest BCUT2D eigenvalue weighted by atomic mass is 16.4. The molecule has 2 aromatic rings. The van der Waals surface area contributed by atoms with Gasteiger partial charge >= 0.3 is 5.97 Å². The maximum atomic E-state index is 10.6. The van der Waals surface area contributed by atoms with Gasteiger partial charge in [-0.3, -0.25) is 4.79 Å². The lowest BCUT2D eigenvalue weighted by Gasteiger charge is -2.09. The van der Waals surface area contributed by atoms with E-state index in [1.165, 1.54) is 29.5 Å². The van der Waals surface area contributed by atoms with Crippen molar-refractivity contribution in [3.63, 3.8) is 0 Å². The lowest BCUT2D eigenvalue weighted by Crippen LogP contribution is -2.04. The molecule has 0 bridgehead atoms. The number of hydrogen-bond acceptors (Lipinski definition) is 1. The molecule has 0 atom stereocenters. The molecule has 118 valence electrons. The second-order valence-corrected chi connectivity index (χ2v) is 5.96. The predicted octanol–water partition coefficient (Wildman–Crippen LogP) is 4.54. The third kappa shape index (κ3) is 3.97. The van der Waals surface area contributed by atoms with Crippen molar-refractivity contribution in [1.82, 2.24) is 0 Å². The molecule has 0 unspecified atom stereocenters. The van der Waals surface area contributed by atoms with Gasteiger partial charge in [0.15, 0.2) is 0 Å². The highest BCUT2D eigenvalue weighted by molar-refractivity contribution is 5.67. The molecular weight excluding hydrogens is 272 g/mol. The van der Waals surface area contributed by atoms with Crippen LogP contribution in [0.3, 0.4) is 0 Å². The Bertz CT molecular complexity index is 609. The predicted molar refractivity (Wildman–Crippen MR) is 92.3 cm³/mol. The van der Waals surface area contributed by atoms with Crippen LogP contribution in [0, 0.1) is 5.92 Å². The average molecular weight is 299 g/mol. The van der Waals surface area contributed by atoms with E-state index in [4.69, 9.17) is 5.11 Å². The van der Waals surface area contributed by atoms with Crippen molar-refractivity contribution in [1.29, 1.82) is 0 Å². The minimum atomic E-state index is -0.734. The van der Waals surface area contributed by atoms with Crippen LogP contribution in [0.15, 0.2) is 48.5 Å². The summed E-state index contributed by atoms with van der Waals surface area (Å²) in [5.74, 6) is -0.0323. The number of aliphatic carboxylic acids is 1. The Morgan fingerprint density at radius 1 is 1.00 bits per heavy atom. The zero-order valence-electron chi connectivity index (χ0n) is 12.1. The molecule has 2 aromatic carbocycles. The second-order valence-electron chi connectivity index (χ2n) is 5.96. The van der Waals surface area contributed by atoms with E-state index < -0.39 is 5.97 Å². The Kier molecular flexibility index (Phi) is 5.37. The van der Waals surface area contributed by atoms with Crippen molar-refractivity contribution < 1.29 is 11.3 Å². The molecule has 1 aliphatic rings. The van der Waals surface area contributed by atoms with Crippen LogP contribution in [0.2, 0.25) is 0 Å². The quantitative estimate of drug-likeness (QED) is 0.880. The Morgan fingerprint density at radius 3 is 2.09 bits per heavy atom. The van der Waals surface area contributed by atoms with Crippen LogP contribution >= 0.6 is 0 Å². The third-order valence-corrected chi connectivity index (χ3v) is 4.31. The lowest BCUT2D eigenvalue weighted by molar-refractivity contribution is -0.136. The van der Waals surface area contributed by atoms with E-state index in [9.17, 15) is 4.79 Å². The van der Waals surface area contributed by atoms with Gasteiger partial charge in [0, 0.05) is 7.85 Å². The Morgan fingerprint density at radius 2 is 1.55 bits per heavy atom. The number of carbonyl (C=O) groups is 1. The van der Waals surface area contributed by atoms with Crippen LogP contribution in [0.25, 0.3) is 0 Å². The van der Waals surface area contributed by atoms with E-state index in [0.29, 0.717) is 12.3 Å². The summed E-state index contributed by atoms with van der Waals surface area (Å²) in [4.78, 5) is 10.6. The van der Waals surface area contributed by atoms with E-state index in [0.717, 1.165) is 12.0 Å². The fraction of sp³-hybridized carbons (Fsp3) is 0.350. The number of fused-ring (bicyclic) bond motifs is 1. The molecule has 0 aromatic heterocycles. The van der Waals surface area contributed by atoms with Crippen LogP contribution < -0.4 is 0 Å². The summed E-state index contributed by atoms with van der Waals surface area (Å²) < 4.78 is 0. The van der Waals surface area contributed by atoms with Gasteiger partial charge in [0.25, 0.3) is 0 Å². The molecule has 0 heterocycles. The fourth-order valence-corrected chi connectivity index (χ4v) is 3.22. The molecule has 0 aliphatic heterocycles. The Labute approximate surface area is 134 Å². The number of carboxylic acid groups (broad SMARTS) is 1. The molecule has 2 heteroatoms. The first kappa shape index (κ1) is 16.3. The summed E-state index contributed by atoms with van der Waals surface area (Å²) in [5.41, 5.74) is 5.46. The summed E-state index contributed by atoms with van der Waals surface area (Å²) >= 11 is 0. The van der Waals surface area contributed by atoms with Gasteiger partial charge in [-0.1, -0.05) is 56.0 Å². The Hall–Kier alpha value is -2.09. The summed E-state index contributed by atoms with van der Waals surface area (Å²) in [5, 5.41) is 8.70. The number of rotatable bonds is 5. The average Bonchev–Trinajstić information content (AvgIpc) is 2.88. The molecular formula is C20H26O2. The van der Waals surface area contributed by atoms with E-state index >= 15 is 0 Å². The lowest BCUT2D eigenvalue weighted by atomic mass is 9.95. The third-order valence-electron chi connectivity index (χ3n) is 4.31. The number of hydrogen-bond donors (Lipinski definition) is 1. The summed E-state index contributed by atoms with van der Waals surface area (Å²) in [6.45, 7) is 0. The van der Waals surface area contributed by atoms with Crippen molar-refractivity contribution in [2.75, 3.05) is 0 Å². The van der Waals surface area contributed by atoms with Crippen LogP contribution in [0.1, 0.15) is 37.5 Å². The van der Waals surface area contributed by atoms with Crippen molar-refractivity contribution >= 4 is 5.97 Å². The van der Waals surface area contributed by atoms with Crippen molar-refractivity contribution in [3.8, 4) is 0 Å². The van der Waals surface area contributed by atoms with E-state index in [1.807, 2.05) is 0 Å². The smallest absolute Gasteiger partial charge is 0.303 e. The summed E-state index contributed by atoms with van der Waals surface area (Å²) in [7, 11) is 0. The van der Waals surface area contributed by atoms with Gasteiger partial charge in [0.2, 0.25) is 0 Å². The molecule has 0 amide bonds. The molecule has 1 aliphatic carbocycles. The van der Waals surface area contributed by atoms with E-state index in [2.05, 4.69) is 48.5 Å².